The van der Waals surface area contributed by atoms with Crippen molar-refractivity contribution in [3.8, 4) is 0 Å². The lowest BCUT2D eigenvalue weighted by Crippen LogP contribution is -2.24. The molecule has 0 aliphatic heterocycles. The number of carboxylic acids is 1. The van der Waals surface area contributed by atoms with E-state index in [-0.39, 0.29) is 11.1 Å². The van der Waals surface area contributed by atoms with Crippen molar-refractivity contribution in [2.24, 2.45) is 0 Å². The van der Waals surface area contributed by atoms with Crippen molar-refractivity contribution in [1.29, 1.82) is 0 Å². The second kappa shape index (κ2) is 4.76. The molecule has 2 aromatic rings. The van der Waals surface area contributed by atoms with Crippen molar-refractivity contribution < 1.29 is 9.90 Å². The van der Waals surface area contributed by atoms with Crippen molar-refractivity contribution >= 4 is 17.5 Å². The van der Waals surface area contributed by atoms with Crippen molar-refractivity contribution in [2.75, 3.05) is 5.32 Å². The highest BCUT2D eigenvalue weighted by Crippen LogP contribution is 2.24. The quantitative estimate of drug-likeness (QED) is 0.888. The van der Waals surface area contributed by atoms with Crippen LogP contribution in [0.25, 0.3) is 0 Å². The van der Waals surface area contributed by atoms with E-state index in [1.54, 1.807) is 30.5 Å². The molecule has 1 aromatic heterocycles. The number of benzene rings is 1. The maximum absolute atomic E-state index is 11.2. The molecule has 0 atom stereocenters. The molecule has 0 saturated carbocycles. The molecule has 0 fully saturated rings. The summed E-state index contributed by atoms with van der Waals surface area (Å²) in [4.78, 5) is 11.2. The maximum Gasteiger partial charge on any atom is 0.337 e. The van der Waals surface area contributed by atoms with Crippen molar-refractivity contribution in [3.63, 3.8) is 0 Å². The first kappa shape index (κ1) is 13.1. The smallest absolute Gasteiger partial charge is 0.337 e. The fourth-order valence-electron chi connectivity index (χ4n) is 1.85. The summed E-state index contributed by atoms with van der Waals surface area (Å²) in [5.41, 5.74) is 0.620. The maximum atomic E-state index is 11.2. The first-order valence-electron chi connectivity index (χ1n) is 6.03. The van der Waals surface area contributed by atoms with Crippen LogP contribution in [0.1, 0.15) is 31.1 Å². The minimum absolute atomic E-state index is 0.177. The molecule has 19 heavy (non-hydrogen) atoms. The normalized spacial score (nSPS) is 11.3. The number of nitrogens with zero attached hydrogens (tertiary/aromatic N) is 2. The van der Waals surface area contributed by atoms with Gasteiger partial charge in [-0.15, -0.1) is 0 Å². The number of rotatable bonds is 3. The van der Waals surface area contributed by atoms with Crippen LogP contribution < -0.4 is 5.32 Å². The van der Waals surface area contributed by atoms with Gasteiger partial charge in [-0.05, 0) is 32.9 Å². The average Bonchev–Trinajstić information content (AvgIpc) is 2.77. The van der Waals surface area contributed by atoms with Gasteiger partial charge in [0.05, 0.1) is 23.0 Å². The Morgan fingerprint density at radius 2 is 1.95 bits per heavy atom. The second-order valence-corrected chi connectivity index (χ2v) is 5.27. The summed E-state index contributed by atoms with van der Waals surface area (Å²) in [7, 11) is 0. The predicted molar refractivity (Wildman–Crippen MR) is 73.9 cm³/mol. The Labute approximate surface area is 111 Å². The van der Waals surface area contributed by atoms with E-state index in [1.807, 2.05) is 31.5 Å². The summed E-state index contributed by atoms with van der Waals surface area (Å²) in [6.07, 6.45) is 1.69. The minimum Gasteiger partial charge on any atom is -0.478 e. The van der Waals surface area contributed by atoms with Gasteiger partial charge in [-0.2, -0.15) is 5.10 Å². The number of carbonyl (C=O) groups is 1. The molecule has 0 spiro atoms. The zero-order valence-corrected chi connectivity index (χ0v) is 11.2. The van der Waals surface area contributed by atoms with E-state index in [2.05, 4.69) is 10.4 Å². The van der Waals surface area contributed by atoms with Gasteiger partial charge in [0.15, 0.2) is 0 Å². The Bertz CT molecular complexity index is 597. The van der Waals surface area contributed by atoms with E-state index >= 15 is 0 Å². The number of hydrogen-bond donors (Lipinski definition) is 2. The molecule has 1 heterocycles. The van der Waals surface area contributed by atoms with Crippen LogP contribution in [0.3, 0.4) is 0 Å². The van der Waals surface area contributed by atoms with Crippen LogP contribution in [0, 0.1) is 0 Å². The number of para-hydroxylation sites is 1. The first-order chi connectivity index (χ1) is 8.89. The average molecular weight is 259 g/mol. The third-order valence-electron chi connectivity index (χ3n) is 2.70. The predicted octanol–water partition coefficient (Wildman–Crippen LogP) is 3.08. The van der Waals surface area contributed by atoms with Crippen LogP contribution in [0.15, 0.2) is 36.5 Å². The van der Waals surface area contributed by atoms with Gasteiger partial charge >= 0.3 is 5.97 Å². The molecule has 5 nitrogen and oxygen atoms in total. The van der Waals surface area contributed by atoms with E-state index < -0.39 is 5.97 Å². The van der Waals surface area contributed by atoms with Gasteiger partial charge in [-0.3, -0.25) is 0 Å². The molecule has 1 aromatic carbocycles. The van der Waals surface area contributed by atoms with Crippen LogP contribution in [0.5, 0.6) is 0 Å². The van der Waals surface area contributed by atoms with Crippen molar-refractivity contribution in [3.05, 3.63) is 42.1 Å². The van der Waals surface area contributed by atoms with Crippen LogP contribution >= 0.6 is 0 Å². The zero-order chi connectivity index (χ0) is 14.0. The fourth-order valence-corrected chi connectivity index (χ4v) is 1.85. The second-order valence-electron chi connectivity index (χ2n) is 5.27. The number of hydrogen-bond acceptors (Lipinski definition) is 3. The molecule has 0 aliphatic carbocycles. The molecule has 0 radical (unpaired) electrons. The van der Waals surface area contributed by atoms with Crippen LogP contribution in [-0.4, -0.2) is 20.9 Å². The third-order valence-corrected chi connectivity index (χ3v) is 2.70. The van der Waals surface area contributed by atoms with Crippen molar-refractivity contribution in [1.82, 2.24) is 9.78 Å². The highest BCUT2D eigenvalue weighted by molar-refractivity contribution is 5.94. The summed E-state index contributed by atoms with van der Waals surface area (Å²) in [6.45, 7) is 6.11. The molecule has 2 N–H and O–H groups in total. The SMILES string of the molecule is CC(C)(C)n1nccc1Nc1ccccc1C(=O)O. The molecule has 0 saturated heterocycles. The van der Waals surface area contributed by atoms with E-state index in [0.717, 1.165) is 5.82 Å². The molecular weight excluding hydrogens is 242 g/mol. The van der Waals surface area contributed by atoms with Crippen LogP contribution in [0.4, 0.5) is 11.5 Å². The van der Waals surface area contributed by atoms with E-state index in [4.69, 9.17) is 5.11 Å². The minimum atomic E-state index is -0.954. The largest absolute Gasteiger partial charge is 0.478 e. The lowest BCUT2D eigenvalue weighted by Gasteiger charge is -2.23. The molecule has 0 bridgehead atoms. The molecule has 0 unspecified atom stereocenters. The first-order valence-corrected chi connectivity index (χ1v) is 6.03. The molecule has 0 amide bonds. The van der Waals surface area contributed by atoms with Gasteiger partial charge in [0.2, 0.25) is 0 Å². The van der Waals surface area contributed by atoms with Crippen molar-refractivity contribution in [2.45, 2.75) is 26.3 Å². The Hall–Kier alpha value is -2.30. The van der Waals surface area contributed by atoms with Gasteiger partial charge in [0.25, 0.3) is 0 Å². The molecule has 0 aliphatic rings. The number of aromatic nitrogens is 2. The van der Waals surface area contributed by atoms with Gasteiger partial charge < -0.3 is 10.4 Å². The van der Waals surface area contributed by atoms with E-state index in [9.17, 15) is 4.79 Å². The summed E-state index contributed by atoms with van der Waals surface area (Å²) in [5.74, 6) is -0.189. The van der Waals surface area contributed by atoms with E-state index in [1.165, 1.54) is 0 Å². The zero-order valence-electron chi connectivity index (χ0n) is 11.2. The topological polar surface area (TPSA) is 67.2 Å². The Morgan fingerprint density at radius 3 is 2.58 bits per heavy atom. The standard InChI is InChI=1S/C14H17N3O2/c1-14(2,3)17-12(8-9-15-17)16-11-7-5-4-6-10(11)13(18)19/h4-9,16H,1-3H3,(H,18,19). The Kier molecular flexibility index (Phi) is 3.29. The third kappa shape index (κ3) is 2.76. The highest BCUT2D eigenvalue weighted by Gasteiger charge is 2.18. The Balaban J connectivity index is 2.38. The van der Waals surface area contributed by atoms with Gasteiger partial charge in [-0.1, -0.05) is 12.1 Å². The van der Waals surface area contributed by atoms with E-state index in [0.29, 0.717) is 5.69 Å². The number of aromatic carboxylic acids is 1. The highest BCUT2D eigenvalue weighted by atomic mass is 16.4. The number of anilines is 2. The summed E-state index contributed by atoms with van der Waals surface area (Å²) < 4.78 is 1.83. The number of nitrogens with one attached hydrogen (secondary N) is 1. The summed E-state index contributed by atoms with van der Waals surface area (Å²) in [5, 5.41) is 16.6. The van der Waals surface area contributed by atoms with Crippen LogP contribution in [0.2, 0.25) is 0 Å². The molecule has 5 heteroatoms. The van der Waals surface area contributed by atoms with Gasteiger partial charge in [0, 0.05) is 6.07 Å². The fraction of sp³-hybridized carbons (Fsp3) is 0.286. The molecule has 100 valence electrons. The van der Waals surface area contributed by atoms with Crippen LogP contribution in [-0.2, 0) is 5.54 Å². The lowest BCUT2D eigenvalue weighted by atomic mass is 10.1. The monoisotopic (exact) mass is 259 g/mol. The summed E-state index contributed by atoms with van der Waals surface area (Å²) in [6, 6.07) is 8.64. The lowest BCUT2D eigenvalue weighted by molar-refractivity contribution is 0.0698. The van der Waals surface area contributed by atoms with Gasteiger partial charge in [0.1, 0.15) is 5.82 Å². The number of carboxylic acid groups (broad SMARTS) is 1. The molecular formula is C14H17N3O2. The summed E-state index contributed by atoms with van der Waals surface area (Å²) >= 11 is 0. The van der Waals surface area contributed by atoms with Gasteiger partial charge in [-0.25, -0.2) is 9.48 Å². The Morgan fingerprint density at radius 1 is 1.26 bits per heavy atom. The molecule has 2 rings (SSSR count).